The lowest BCUT2D eigenvalue weighted by Crippen LogP contribution is -2.16. The average molecular weight is 283 g/mol. The number of nitrogens with one attached hydrogen (secondary N) is 1. The van der Waals surface area contributed by atoms with Gasteiger partial charge in [-0.15, -0.1) is 0 Å². The van der Waals surface area contributed by atoms with Crippen molar-refractivity contribution in [1.82, 2.24) is 14.9 Å². The fourth-order valence-corrected chi connectivity index (χ4v) is 1.97. The van der Waals surface area contributed by atoms with Gasteiger partial charge >= 0.3 is 6.18 Å². The number of hydrogen-bond acceptors (Lipinski definition) is 2. The fourth-order valence-electron chi connectivity index (χ4n) is 1.97. The third-order valence-corrected chi connectivity index (χ3v) is 3.03. The van der Waals surface area contributed by atoms with Gasteiger partial charge in [0, 0.05) is 25.8 Å². The van der Waals surface area contributed by atoms with Gasteiger partial charge in [0.15, 0.2) is 0 Å². The van der Waals surface area contributed by atoms with Crippen molar-refractivity contribution in [1.29, 1.82) is 0 Å². The molecule has 2 rings (SSSR count). The van der Waals surface area contributed by atoms with Gasteiger partial charge in [-0.3, -0.25) is 0 Å². The van der Waals surface area contributed by atoms with Crippen LogP contribution in [0.3, 0.4) is 0 Å². The lowest BCUT2D eigenvalue weighted by molar-refractivity contribution is -0.137. The summed E-state index contributed by atoms with van der Waals surface area (Å²) in [5.74, 6) is 0. The zero-order chi connectivity index (χ0) is 14.6. The Morgan fingerprint density at radius 3 is 2.75 bits per heavy atom. The predicted molar refractivity (Wildman–Crippen MR) is 69.9 cm³/mol. The molecule has 3 nitrogen and oxygen atoms in total. The number of nitrogens with zero attached hydrogens (tertiary/aromatic N) is 2. The van der Waals surface area contributed by atoms with Gasteiger partial charge in [0.05, 0.1) is 17.6 Å². The zero-order valence-corrected chi connectivity index (χ0v) is 11.1. The van der Waals surface area contributed by atoms with Gasteiger partial charge in [-0.25, -0.2) is 4.98 Å². The molecule has 1 heterocycles. The third kappa shape index (κ3) is 3.60. The summed E-state index contributed by atoms with van der Waals surface area (Å²) in [4.78, 5) is 4.04. The molecule has 1 aromatic carbocycles. The van der Waals surface area contributed by atoms with Crippen LogP contribution in [0.5, 0.6) is 0 Å². The van der Waals surface area contributed by atoms with Gasteiger partial charge < -0.3 is 9.88 Å². The molecule has 0 saturated carbocycles. The molecule has 6 heteroatoms. The number of halogens is 3. The maximum absolute atomic E-state index is 12.6. The highest BCUT2D eigenvalue weighted by atomic mass is 19.4. The third-order valence-electron chi connectivity index (χ3n) is 3.03. The van der Waals surface area contributed by atoms with Gasteiger partial charge in [0.25, 0.3) is 0 Å². The molecule has 0 fully saturated rings. The lowest BCUT2D eigenvalue weighted by Gasteiger charge is -2.10. The summed E-state index contributed by atoms with van der Waals surface area (Å²) in [5.41, 5.74) is 1.01. The van der Waals surface area contributed by atoms with E-state index in [9.17, 15) is 13.2 Å². The normalized spacial score (nSPS) is 11.8. The maximum Gasteiger partial charge on any atom is 0.416 e. The number of alkyl halides is 3. The van der Waals surface area contributed by atoms with E-state index >= 15 is 0 Å². The lowest BCUT2D eigenvalue weighted by atomic mass is 10.1. The first-order chi connectivity index (χ1) is 9.50. The number of benzene rings is 1. The highest BCUT2D eigenvalue weighted by Gasteiger charge is 2.30. The van der Waals surface area contributed by atoms with E-state index < -0.39 is 11.7 Å². The molecule has 0 radical (unpaired) electrons. The molecule has 0 unspecified atom stereocenters. The molecule has 2 aromatic rings. The quantitative estimate of drug-likeness (QED) is 0.913. The van der Waals surface area contributed by atoms with Crippen LogP contribution in [0.25, 0.3) is 0 Å². The Morgan fingerprint density at radius 1 is 1.25 bits per heavy atom. The van der Waals surface area contributed by atoms with Gasteiger partial charge in [-0.05, 0) is 18.6 Å². The first kappa shape index (κ1) is 14.6. The summed E-state index contributed by atoms with van der Waals surface area (Å²) < 4.78 is 39.7. The Labute approximate surface area is 115 Å². The van der Waals surface area contributed by atoms with Crippen molar-refractivity contribution in [3.05, 3.63) is 53.6 Å². The molecule has 1 N–H and O–H groups in total. The topological polar surface area (TPSA) is 29.9 Å². The first-order valence-electron chi connectivity index (χ1n) is 6.36. The average Bonchev–Trinajstić information content (AvgIpc) is 2.86. The number of imidazole rings is 1. The molecule has 0 spiro atoms. The van der Waals surface area contributed by atoms with Gasteiger partial charge in [0.1, 0.15) is 0 Å². The second-order valence-electron chi connectivity index (χ2n) is 4.47. The summed E-state index contributed by atoms with van der Waals surface area (Å²) in [6.07, 6.45) is -0.805. The van der Waals surface area contributed by atoms with Crippen LogP contribution in [0.15, 0.2) is 36.8 Å². The fraction of sp³-hybridized carbons (Fsp3) is 0.357. The second-order valence-corrected chi connectivity index (χ2v) is 4.47. The Hall–Kier alpha value is -1.82. The monoisotopic (exact) mass is 283 g/mol. The van der Waals surface area contributed by atoms with Crippen molar-refractivity contribution in [3.63, 3.8) is 0 Å². The highest BCUT2D eigenvalue weighted by Crippen LogP contribution is 2.29. The Morgan fingerprint density at radius 2 is 2.05 bits per heavy atom. The molecule has 0 bridgehead atoms. The summed E-state index contributed by atoms with van der Waals surface area (Å²) in [7, 11) is 0. The van der Waals surface area contributed by atoms with E-state index in [4.69, 9.17) is 0 Å². The Balaban J connectivity index is 1.95. The van der Waals surface area contributed by atoms with E-state index in [1.165, 1.54) is 12.1 Å². The van der Waals surface area contributed by atoms with E-state index in [0.717, 1.165) is 18.3 Å². The largest absolute Gasteiger partial charge is 0.416 e. The minimum absolute atomic E-state index is 0.388. The van der Waals surface area contributed by atoms with E-state index in [-0.39, 0.29) is 0 Å². The van der Waals surface area contributed by atoms with Crippen LogP contribution in [-0.2, 0) is 25.8 Å². The second kappa shape index (κ2) is 6.09. The van der Waals surface area contributed by atoms with Crippen LogP contribution >= 0.6 is 0 Å². The van der Waals surface area contributed by atoms with Gasteiger partial charge in [0.2, 0.25) is 0 Å². The molecule has 108 valence electrons. The first-order valence-corrected chi connectivity index (χ1v) is 6.36. The number of hydrogen-bond donors (Lipinski definition) is 1. The van der Waals surface area contributed by atoms with Crippen molar-refractivity contribution in [2.45, 2.75) is 32.7 Å². The van der Waals surface area contributed by atoms with Crippen molar-refractivity contribution in [2.75, 3.05) is 0 Å². The summed E-state index contributed by atoms with van der Waals surface area (Å²) in [6.45, 7) is 3.79. The van der Waals surface area contributed by atoms with Crippen LogP contribution in [0.1, 0.15) is 23.7 Å². The summed E-state index contributed by atoms with van der Waals surface area (Å²) in [6, 6.07) is 5.36. The highest BCUT2D eigenvalue weighted by molar-refractivity contribution is 5.25. The number of aryl methyl sites for hydroxylation is 1. The Bertz CT molecular complexity index is 561. The molecule has 0 amide bonds. The predicted octanol–water partition coefficient (Wildman–Crippen LogP) is 3.21. The molecular formula is C14H16F3N3. The van der Waals surface area contributed by atoms with Crippen molar-refractivity contribution in [3.8, 4) is 0 Å². The minimum atomic E-state index is -4.29. The number of aromatic nitrogens is 2. The molecule has 20 heavy (non-hydrogen) atoms. The standard InChI is InChI=1S/C14H16F3N3/c1-2-20-10-19-9-13(20)8-18-7-11-4-3-5-12(6-11)14(15,16)17/h3-6,9-10,18H,2,7-8H2,1H3. The molecule has 0 saturated heterocycles. The van der Waals surface area contributed by atoms with E-state index in [0.29, 0.717) is 18.7 Å². The summed E-state index contributed by atoms with van der Waals surface area (Å²) in [5, 5.41) is 3.13. The van der Waals surface area contributed by atoms with Gasteiger partial charge in [-0.1, -0.05) is 18.2 Å². The van der Waals surface area contributed by atoms with Crippen LogP contribution in [0.2, 0.25) is 0 Å². The molecule has 0 aliphatic heterocycles. The zero-order valence-electron chi connectivity index (χ0n) is 11.1. The van der Waals surface area contributed by atoms with Crippen LogP contribution in [0, 0.1) is 0 Å². The minimum Gasteiger partial charge on any atom is -0.334 e. The molecule has 0 atom stereocenters. The Kier molecular flexibility index (Phi) is 4.44. The van der Waals surface area contributed by atoms with E-state index in [1.807, 2.05) is 11.5 Å². The van der Waals surface area contributed by atoms with E-state index in [1.54, 1.807) is 18.6 Å². The number of rotatable bonds is 5. The van der Waals surface area contributed by atoms with E-state index in [2.05, 4.69) is 10.3 Å². The smallest absolute Gasteiger partial charge is 0.334 e. The van der Waals surface area contributed by atoms with Crippen LogP contribution in [0.4, 0.5) is 13.2 Å². The molecule has 0 aliphatic carbocycles. The van der Waals surface area contributed by atoms with Crippen molar-refractivity contribution in [2.24, 2.45) is 0 Å². The maximum atomic E-state index is 12.6. The molecule has 0 aliphatic rings. The molecule has 1 aromatic heterocycles. The summed E-state index contributed by atoms with van der Waals surface area (Å²) >= 11 is 0. The van der Waals surface area contributed by atoms with Crippen LogP contribution < -0.4 is 5.32 Å². The van der Waals surface area contributed by atoms with Gasteiger partial charge in [-0.2, -0.15) is 13.2 Å². The van der Waals surface area contributed by atoms with Crippen LogP contribution in [-0.4, -0.2) is 9.55 Å². The van der Waals surface area contributed by atoms with Crippen molar-refractivity contribution >= 4 is 0 Å². The SMILES string of the molecule is CCn1cncc1CNCc1cccc(C(F)(F)F)c1. The molecular weight excluding hydrogens is 267 g/mol. The van der Waals surface area contributed by atoms with Crippen molar-refractivity contribution < 1.29 is 13.2 Å².